The van der Waals surface area contributed by atoms with Crippen LogP contribution < -0.4 is 10.6 Å². The Balaban J connectivity index is 2.40. The Bertz CT molecular complexity index is 287. The average molecular weight is 286 g/mol. The van der Waals surface area contributed by atoms with E-state index in [-0.39, 0.29) is 30.3 Å². The number of carbonyl (C=O) groups excluding carboxylic acids is 1. The highest BCUT2D eigenvalue weighted by atomic mass is 16.5. The van der Waals surface area contributed by atoms with Gasteiger partial charge in [-0.05, 0) is 39.5 Å². The topological polar surface area (TPSA) is 59.6 Å². The molecule has 2 N–H and O–H groups in total. The molecule has 1 heterocycles. The fourth-order valence-corrected chi connectivity index (χ4v) is 2.56. The van der Waals surface area contributed by atoms with E-state index in [1.165, 1.54) is 0 Å². The van der Waals surface area contributed by atoms with Gasteiger partial charge in [-0.25, -0.2) is 4.79 Å². The third-order valence-electron chi connectivity index (χ3n) is 3.66. The molecule has 118 valence electrons. The highest BCUT2D eigenvalue weighted by Crippen LogP contribution is 2.18. The second kappa shape index (κ2) is 8.47. The predicted octanol–water partition coefficient (Wildman–Crippen LogP) is 2.30. The maximum atomic E-state index is 12.1. The minimum Gasteiger partial charge on any atom is -0.380 e. The van der Waals surface area contributed by atoms with Gasteiger partial charge >= 0.3 is 6.03 Å². The zero-order valence-corrected chi connectivity index (χ0v) is 13.4. The molecule has 5 nitrogen and oxygen atoms in total. The van der Waals surface area contributed by atoms with Gasteiger partial charge < -0.3 is 20.1 Å². The maximum Gasteiger partial charge on any atom is 0.315 e. The van der Waals surface area contributed by atoms with E-state index < -0.39 is 0 Å². The average Bonchev–Trinajstić information content (AvgIpc) is 2.32. The molecule has 5 heteroatoms. The molecule has 2 amide bonds. The van der Waals surface area contributed by atoms with Crippen molar-refractivity contribution in [1.29, 1.82) is 0 Å². The number of amides is 2. The van der Waals surface area contributed by atoms with Crippen LogP contribution in [0.3, 0.4) is 0 Å². The van der Waals surface area contributed by atoms with Gasteiger partial charge in [0.1, 0.15) is 0 Å². The lowest BCUT2D eigenvalue weighted by molar-refractivity contribution is -0.0403. The molecule has 1 unspecified atom stereocenters. The Hall–Kier alpha value is -0.810. The highest BCUT2D eigenvalue weighted by molar-refractivity contribution is 5.74. The number of carbonyl (C=O) groups is 1. The molecule has 0 saturated carbocycles. The van der Waals surface area contributed by atoms with Gasteiger partial charge in [0.05, 0.1) is 24.9 Å². The number of ether oxygens (including phenoxy) is 2. The first-order valence-electron chi connectivity index (χ1n) is 7.72. The molecule has 4 atom stereocenters. The second-order valence-corrected chi connectivity index (χ2v) is 6.05. The van der Waals surface area contributed by atoms with Crippen molar-refractivity contribution in [2.24, 2.45) is 5.92 Å². The summed E-state index contributed by atoms with van der Waals surface area (Å²) >= 11 is 0. The van der Waals surface area contributed by atoms with Crippen LogP contribution in [-0.4, -0.2) is 43.5 Å². The van der Waals surface area contributed by atoms with Crippen molar-refractivity contribution in [3.05, 3.63) is 0 Å². The molecule has 1 saturated heterocycles. The van der Waals surface area contributed by atoms with Crippen LogP contribution in [0.25, 0.3) is 0 Å². The number of urea groups is 1. The van der Waals surface area contributed by atoms with Gasteiger partial charge in [-0.15, -0.1) is 0 Å². The summed E-state index contributed by atoms with van der Waals surface area (Å²) in [5.41, 5.74) is 0. The largest absolute Gasteiger partial charge is 0.380 e. The summed E-state index contributed by atoms with van der Waals surface area (Å²) in [4.78, 5) is 12.1. The highest BCUT2D eigenvalue weighted by Gasteiger charge is 2.26. The van der Waals surface area contributed by atoms with Crippen LogP contribution in [0.5, 0.6) is 0 Å². The minimum atomic E-state index is -0.102. The molecule has 20 heavy (non-hydrogen) atoms. The van der Waals surface area contributed by atoms with Gasteiger partial charge in [0, 0.05) is 12.6 Å². The fraction of sp³-hybridized carbons (Fsp3) is 0.933. The predicted molar refractivity (Wildman–Crippen MR) is 79.8 cm³/mol. The van der Waals surface area contributed by atoms with E-state index in [1.54, 1.807) is 0 Å². The van der Waals surface area contributed by atoms with Crippen molar-refractivity contribution in [2.75, 3.05) is 13.2 Å². The van der Waals surface area contributed by atoms with Crippen LogP contribution in [0.4, 0.5) is 4.79 Å². The monoisotopic (exact) mass is 286 g/mol. The third kappa shape index (κ3) is 6.09. The van der Waals surface area contributed by atoms with Crippen LogP contribution >= 0.6 is 0 Å². The van der Waals surface area contributed by atoms with Crippen LogP contribution in [-0.2, 0) is 9.47 Å². The number of hydrogen-bond donors (Lipinski definition) is 2. The van der Waals surface area contributed by atoms with E-state index in [2.05, 4.69) is 24.5 Å². The molecule has 0 bridgehead atoms. The molecule has 1 fully saturated rings. The van der Waals surface area contributed by atoms with Crippen molar-refractivity contribution in [2.45, 2.75) is 71.8 Å². The first-order chi connectivity index (χ1) is 9.42. The normalized spacial score (nSPS) is 28.2. The smallest absolute Gasteiger partial charge is 0.315 e. The third-order valence-corrected chi connectivity index (χ3v) is 3.66. The first-order valence-corrected chi connectivity index (χ1v) is 7.72. The molecule has 1 aliphatic rings. The Kier molecular flexibility index (Phi) is 7.30. The standard InChI is InChI=1S/C15H30N2O3/c1-6-19-9-14(10(2)3)17-15(18)16-13-7-11(4)20-12(5)8-13/h10-14H,6-9H2,1-5H3,(H2,16,17,18)/t11-,12+,13?,14-/m1/s1. The second-order valence-electron chi connectivity index (χ2n) is 6.05. The Morgan fingerprint density at radius 1 is 1.30 bits per heavy atom. The maximum absolute atomic E-state index is 12.1. The molecule has 0 aromatic rings. The van der Waals surface area contributed by atoms with E-state index in [1.807, 2.05) is 20.8 Å². The number of hydrogen-bond acceptors (Lipinski definition) is 3. The summed E-state index contributed by atoms with van der Waals surface area (Å²) in [6.45, 7) is 11.5. The van der Waals surface area contributed by atoms with E-state index >= 15 is 0 Å². The fourth-order valence-electron chi connectivity index (χ4n) is 2.56. The summed E-state index contributed by atoms with van der Waals surface area (Å²) < 4.78 is 11.1. The van der Waals surface area contributed by atoms with Crippen LogP contribution in [0.1, 0.15) is 47.5 Å². The Morgan fingerprint density at radius 2 is 1.90 bits per heavy atom. The molecule has 1 aliphatic heterocycles. The molecule has 0 aromatic heterocycles. The van der Waals surface area contributed by atoms with Gasteiger partial charge in [0.25, 0.3) is 0 Å². The lowest BCUT2D eigenvalue weighted by Gasteiger charge is -2.33. The van der Waals surface area contributed by atoms with Crippen LogP contribution in [0.2, 0.25) is 0 Å². The number of rotatable bonds is 6. The summed E-state index contributed by atoms with van der Waals surface area (Å²) in [7, 11) is 0. The van der Waals surface area contributed by atoms with Gasteiger partial charge in [-0.2, -0.15) is 0 Å². The van der Waals surface area contributed by atoms with Gasteiger partial charge in [-0.1, -0.05) is 13.8 Å². The van der Waals surface area contributed by atoms with Crippen molar-refractivity contribution in [3.63, 3.8) is 0 Å². The molecule has 0 aliphatic carbocycles. The summed E-state index contributed by atoms with van der Waals surface area (Å²) in [6, 6.07) is 0.132. The van der Waals surface area contributed by atoms with Crippen molar-refractivity contribution < 1.29 is 14.3 Å². The summed E-state index contributed by atoms with van der Waals surface area (Å²) in [6.07, 6.45) is 2.15. The Morgan fingerprint density at radius 3 is 2.40 bits per heavy atom. The quantitative estimate of drug-likeness (QED) is 0.787. The molecule has 0 radical (unpaired) electrons. The molecule has 0 aromatic carbocycles. The van der Waals surface area contributed by atoms with Crippen molar-refractivity contribution in [1.82, 2.24) is 10.6 Å². The van der Waals surface area contributed by atoms with Crippen LogP contribution in [0, 0.1) is 5.92 Å². The summed E-state index contributed by atoms with van der Waals surface area (Å²) in [5.74, 6) is 0.347. The molecule has 0 spiro atoms. The molecular weight excluding hydrogens is 256 g/mol. The minimum absolute atomic E-state index is 0.0460. The first kappa shape index (κ1) is 17.2. The van der Waals surface area contributed by atoms with Crippen molar-refractivity contribution >= 4 is 6.03 Å². The van der Waals surface area contributed by atoms with E-state index in [9.17, 15) is 4.79 Å². The van der Waals surface area contributed by atoms with Gasteiger partial charge in [0.2, 0.25) is 0 Å². The zero-order chi connectivity index (χ0) is 15.1. The van der Waals surface area contributed by atoms with E-state index in [0.717, 1.165) is 12.8 Å². The van der Waals surface area contributed by atoms with Gasteiger partial charge in [0.15, 0.2) is 0 Å². The SMILES string of the molecule is CCOC[C@@H](NC(=O)NC1C[C@@H](C)O[C@@H](C)C1)C(C)C. The lowest BCUT2D eigenvalue weighted by atomic mass is 10.00. The summed E-state index contributed by atoms with van der Waals surface area (Å²) in [5, 5.41) is 6.07. The number of nitrogens with one attached hydrogen (secondary N) is 2. The van der Waals surface area contributed by atoms with Crippen molar-refractivity contribution in [3.8, 4) is 0 Å². The molecule has 1 rings (SSSR count). The Labute approximate surface area is 122 Å². The van der Waals surface area contributed by atoms with Crippen LogP contribution in [0.15, 0.2) is 0 Å². The zero-order valence-electron chi connectivity index (χ0n) is 13.4. The van der Waals surface area contributed by atoms with E-state index in [0.29, 0.717) is 19.1 Å². The molecular formula is C15H30N2O3. The van der Waals surface area contributed by atoms with Gasteiger partial charge in [-0.3, -0.25) is 0 Å². The lowest BCUT2D eigenvalue weighted by Crippen LogP contribution is -2.52. The van der Waals surface area contributed by atoms with E-state index in [4.69, 9.17) is 9.47 Å².